The van der Waals surface area contributed by atoms with E-state index in [1.165, 1.54) is 12.8 Å². The van der Waals surface area contributed by atoms with Crippen molar-refractivity contribution in [1.29, 1.82) is 0 Å². The number of nitrogens with zero attached hydrogens (tertiary/aromatic N) is 1. The smallest absolute Gasteiger partial charge is 0.225 e. The molecule has 0 aromatic rings. The minimum absolute atomic E-state index is 0.235. The Morgan fingerprint density at radius 1 is 1.22 bits per heavy atom. The number of nitrogens with one attached hydrogen (secondary N) is 1. The quantitative estimate of drug-likeness (QED) is 0.757. The summed E-state index contributed by atoms with van der Waals surface area (Å²) in [5.74, 6) is 1.33. The Kier molecular flexibility index (Phi) is 7.33. The van der Waals surface area contributed by atoms with E-state index in [2.05, 4.69) is 31.0 Å². The van der Waals surface area contributed by atoms with Gasteiger partial charge in [0.05, 0.1) is 0 Å². The molecular weight excluding hydrogens is 224 g/mol. The molecule has 1 heterocycles. The van der Waals surface area contributed by atoms with Crippen molar-refractivity contribution in [2.45, 2.75) is 52.9 Å². The molecule has 1 aliphatic heterocycles. The van der Waals surface area contributed by atoms with Gasteiger partial charge in [0, 0.05) is 19.0 Å². The Labute approximate surface area is 112 Å². The number of amides is 1. The molecule has 0 aromatic heterocycles. The minimum atomic E-state index is 0.235. The summed E-state index contributed by atoms with van der Waals surface area (Å²) in [4.78, 5) is 14.6. The van der Waals surface area contributed by atoms with E-state index in [0.29, 0.717) is 11.8 Å². The van der Waals surface area contributed by atoms with E-state index in [1.807, 2.05) is 0 Å². The van der Waals surface area contributed by atoms with Gasteiger partial charge >= 0.3 is 0 Å². The average Bonchev–Trinajstić information content (AvgIpc) is 2.40. The SMILES string of the molecule is CCCN(CC1CCNCC1)C(=O)C(CC)CC. The molecule has 1 saturated heterocycles. The Bertz CT molecular complexity index is 233. The molecule has 0 saturated carbocycles. The van der Waals surface area contributed by atoms with E-state index in [4.69, 9.17) is 0 Å². The van der Waals surface area contributed by atoms with E-state index in [9.17, 15) is 4.79 Å². The number of hydrogen-bond donors (Lipinski definition) is 1. The van der Waals surface area contributed by atoms with Crippen molar-refractivity contribution in [3.05, 3.63) is 0 Å². The fourth-order valence-electron chi connectivity index (χ4n) is 2.83. The zero-order valence-electron chi connectivity index (χ0n) is 12.4. The first-order chi connectivity index (χ1) is 8.72. The summed E-state index contributed by atoms with van der Waals surface area (Å²) in [5.41, 5.74) is 0. The summed E-state index contributed by atoms with van der Waals surface area (Å²) in [6, 6.07) is 0. The fourth-order valence-corrected chi connectivity index (χ4v) is 2.83. The van der Waals surface area contributed by atoms with E-state index in [1.54, 1.807) is 0 Å². The van der Waals surface area contributed by atoms with E-state index >= 15 is 0 Å². The molecule has 3 nitrogen and oxygen atoms in total. The summed E-state index contributed by atoms with van der Waals surface area (Å²) < 4.78 is 0. The highest BCUT2D eigenvalue weighted by molar-refractivity contribution is 5.78. The summed E-state index contributed by atoms with van der Waals surface area (Å²) in [5, 5.41) is 3.39. The van der Waals surface area contributed by atoms with Crippen molar-refractivity contribution in [3.8, 4) is 0 Å². The van der Waals surface area contributed by atoms with E-state index in [-0.39, 0.29) is 5.92 Å². The monoisotopic (exact) mass is 254 g/mol. The van der Waals surface area contributed by atoms with Crippen LogP contribution in [0.1, 0.15) is 52.9 Å². The predicted octanol–water partition coefficient (Wildman–Crippen LogP) is 2.66. The number of carbonyl (C=O) groups is 1. The lowest BCUT2D eigenvalue weighted by Crippen LogP contribution is -2.42. The Morgan fingerprint density at radius 2 is 1.83 bits per heavy atom. The fraction of sp³-hybridized carbons (Fsp3) is 0.933. The van der Waals surface area contributed by atoms with Crippen molar-refractivity contribution >= 4 is 5.91 Å². The Hall–Kier alpha value is -0.570. The van der Waals surface area contributed by atoms with Gasteiger partial charge < -0.3 is 10.2 Å². The van der Waals surface area contributed by atoms with Gasteiger partial charge in [0.1, 0.15) is 0 Å². The lowest BCUT2D eigenvalue weighted by Gasteiger charge is -2.32. The number of hydrogen-bond acceptors (Lipinski definition) is 2. The van der Waals surface area contributed by atoms with Gasteiger partial charge in [-0.25, -0.2) is 0 Å². The third-order valence-electron chi connectivity index (χ3n) is 4.08. The first-order valence-corrected chi connectivity index (χ1v) is 7.72. The van der Waals surface area contributed by atoms with Gasteiger partial charge in [0.15, 0.2) is 0 Å². The zero-order valence-corrected chi connectivity index (χ0v) is 12.4. The highest BCUT2D eigenvalue weighted by Crippen LogP contribution is 2.18. The highest BCUT2D eigenvalue weighted by Gasteiger charge is 2.24. The Balaban J connectivity index is 2.54. The van der Waals surface area contributed by atoms with Crippen LogP contribution in [0.2, 0.25) is 0 Å². The molecule has 0 radical (unpaired) electrons. The molecule has 0 spiro atoms. The second-order valence-electron chi connectivity index (χ2n) is 5.49. The maximum atomic E-state index is 12.5. The summed E-state index contributed by atoms with van der Waals surface area (Å²) >= 11 is 0. The minimum Gasteiger partial charge on any atom is -0.342 e. The van der Waals surface area contributed by atoms with Crippen molar-refractivity contribution in [3.63, 3.8) is 0 Å². The lowest BCUT2D eigenvalue weighted by atomic mass is 9.95. The van der Waals surface area contributed by atoms with Crippen LogP contribution >= 0.6 is 0 Å². The number of rotatable bonds is 7. The maximum Gasteiger partial charge on any atom is 0.225 e. The van der Waals surface area contributed by atoms with Gasteiger partial charge in [-0.15, -0.1) is 0 Å². The van der Waals surface area contributed by atoms with Crippen LogP contribution in [-0.4, -0.2) is 37.0 Å². The number of carbonyl (C=O) groups excluding carboxylic acids is 1. The Morgan fingerprint density at radius 3 is 2.33 bits per heavy atom. The molecule has 18 heavy (non-hydrogen) atoms. The van der Waals surface area contributed by atoms with Crippen molar-refractivity contribution < 1.29 is 4.79 Å². The summed E-state index contributed by atoms with van der Waals surface area (Å²) in [7, 11) is 0. The van der Waals surface area contributed by atoms with Gasteiger partial charge in [-0.3, -0.25) is 4.79 Å². The molecule has 1 aliphatic rings. The van der Waals surface area contributed by atoms with Crippen LogP contribution in [0.25, 0.3) is 0 Å². The molecule has 106 valence electrons. The lowest BCUT2D eigenvalue weighted by molar-refractivity contribution is -0.136. The first-order valence-electron chi connectivity index (χ1n) is 7.72. The van der Waals surface area contributed by atoms with E-state index in [0.717, 1.165) is 45.4 Å². The second-order valence-corrected chi connectivity index (χ2v) is 5.49. The van der Waals surface area contributed by atoms with Crippen LogP contribution < -0.4 is 5.32 Å². The number of piperidine rings is 1. The molecule has 1 amide bonds. The van der Waals surface area contributed by atoms with Gasteiger partial charge in [-0.1, -0.05) is 20.8 Å². The van der Waals surface area contributed by atoms with Gasteiger partial charge in [-0.05, 0) is 51.1 Å². The third-order valence-corrected chi connectivity index (χ3v) is 4.08. The molecule has 0 atom stereocenters. The molecule has 0 aromatic carbocycles. The molecular formula is C15H30N2O. The van der Waals surface area contributed by atoms with Crippen LogP contribution in [0, 0.1) is 11.8 Å². The van der Waals surface area contributed by atoms with Crippen LogP contribution in [0.15, 0.2) is 0 Å². The van der Waals surface area contributed by atoms with Crippen LogP contribution in [0.5, 0.6) is 0 Å². The summed E-state index contributed by atoms with van der Waals surface area (Å²) in [6.45, 7) is 10.6. The first kappa shape index (κ1) is 15.5. The standard InChI is InChI=1S/C15H30N2O/c1-4-11-17(15(18)14(5-2)6-3)12-13-7-9-16-10-8-13/h13-14,16H,4-12H2,1-3H3. The molecule has 1 N–H and O–H groups in total. The zero-order chi connectivity index (χ0) is 13.4. The van der Waals surface area contributed by atoms with Gasteiger partial charge in [-0.2, -0.15) is 0 Å². The van der Waals surface area contributed by atoms with Gasteiger partial charge in [0.25, 0.3) is 0 Å². The van der Waals surface area contributed by atoms with Crippen molar-refractivity contribution in [2.24, 2.45) is 11.8 Å². The topological polar surface area (TPSA) is 32.3 Å². The van der Waals surface area contributed by atoms with Gasteiger partial charge in [0.2, 0.25) is 5.91 Å². The predicted molar refractivity (Wildman–Crippen MR) is 76.5 cm³/mol. The maximum absolute atomic E-state index is 12.5. The molecule has 0 bridgehead atoms. The highest BCUT2D eigenvalue weighted by atomic mass is 16.2. The molecule has 0 unspecified atom stereocenters. The molecule has 1 rings (SSSR count). The normalized spacial score (nSPS) is 17.1. The van der Waals surface area contributed by atoms with Crippen LogP contribution in [0.4, 0.5) is 0 Å². The molecule has 3 heteroatoms. The van der Waals surface area contributed by atoms with Crippen LogP contribution in [0.3, 0.4) is 0 Å². The average molecular weight is 254 g/mol. The third kappa shape index (κ3) is 4.60. The van der Waals surface area contributed by atoms with Crippen LogP contribution in [-0.2, 0) is 4.79 Å². The van der Waals surface area contributed by atoms with E-state index < -0.39 is 0 Å². The summed E-state index contributed by atoms with van der Waals surface area (Å²) in [6.07, 6.45) is 5.45. The molecule has 0 aliphatic carbocycles. The second kappa shape index (κ2) is 8.52. The molecule has 1 fully saturated rings. The van der Waals surface area contributed by atoms with Crippen molar-refractivity contribution in [2.75, 3.05) is 26.2 Å². The largest absolute Gasteiger partial charge is 0.342 e. The van der Waals surface area contributed by atoms with Crippen molar-refractivity contribution in [1.82, 2.24) is 10.2 Å².